The second-order valence-corrected chi connectivity index (χ2v) is 5.97. The number of rotatable bonds is 3. The molecule has 0 saturated carbocycles. The molecule has 1 aromatic heterocycles. The van der Waals surface area contributed by atoms with Crippen molar-refractivity contribution in [3.05, 3.63) is 76.3 Å². The molecule has 0 fully saturated rings. The molecule has 0 aliphatic carbocycles. The van der Waals surface area contributed by atoms with E-state index in [1.807, 2.05) is 10.9 Å². The molecular weight excluding hydrogens is 418 g/mol. The fourth-order valence-corrected chi connectivity index (χ4v) is 2.56. The monoisotopic (exact) mass is 427 g/mol. The van der Waals surface area contributed by atoms with E-state index in [2.05, 4.69) is 10.3 Å². The van der Waals surface area contributed by atoms with Crippen molar-refractivity contribution in [2.45, 2.75) is 6.18 Å². The molecule has 7 nitrogen and oxygen atoms in total. The Balaban J connectivity index is 1.86. The first kappa shape index (κ1) is 20.3. The maximum absolute atomic E-state index is 13.5. The number of halogens is 5. The van der Waals surface area contributed by atoms with Crippen LogP contribution < -0.4 is 10.9 Å². The van der Waals surface area contributed by atoms with Crippen LogP contribution in [0, 0.1) is 5.82 Å². The molecule has 150 valence electrons. The summed E-state index contributed by atoms with van der Waals surface area (Å²) >= 11 is 5.84. The molecule has 3 rings (SSSR count). The molecule has 12 heteroatoms. The second-order valence-electron chi connectivity index (χ2n) is 5.56. The fourth-order valence-electron chi connectivity index (χ4n) is 2.34. The third-order valence-corrected chi connectivity index (χ3v) is 3.96. The Morgan fingerprint density at radius 3 is 2.21 bits per heavy atom. The van der Waals surface area contributed by atoms with Gasteiger partial charge in [-0.2, -0.15) is 13.2 Å². The van der Waals surface area contributed by atoms with Crippen LogP contribution in [0.1, 0.15) is 26.5 Å². The summed E-state index contributed by atoms with van der Waals surface area (Å²) < 4.78 is 54.0. The van der Waals surface area contributed by atoms with Gasteiger partial charge in [-0.25, -0.2) is 9.07 Å². The summed E-state index contributed by atoms with van der Waals surface area (Å²) in [6, 6.07) is 9.81. The first-order valence-electron chi connectivity index (χ1n) is 7.82. The lowest BCUT2D eigenvalue weighted by Gasteiger charge is -2.12. The number of carbonyl (C=O) groups is 2. The average Bonchev–Trinajstić information content (AvgIpc) is 3.12. The zero-order valence-electron chi connectivity index (χ0n) is 14.2. The SMILES string of the molecule is O=C(NNC(=O)c1nnn(-c2ccc(F)cc2)c1C(F)(F)F)c1ccccc1Cl. The average molecular weight is 428 g/mol. The third kappa shape index (κ3) is 4.35. The van der Waals surface area contributed by atoms with Crippen molar-refractivity contribution < 1.29 is 27.2 Å². The summed E-state index contributed by atoms with van der Waals surface area (Å²) in [6.07, 6.45) is -5.02. The van der Waals surface area contributed by atoms with E-state index in [1.165, 1.54) is 18.2 Å². The number of benzene rings is 2. The summed E-state index contributed by atoms with van der Waals surface area (Å²) in [5.41, 5.74) is 1.06. The van der Waals surface area contributed by atoms with Gasteiger partial charge in [0.15, 0.2) is 11.4 Å². The van der Waals surface area contributed by atoms with Gasteiger partial charge in [0, 0.05) is 0 Å². The number of hydrogen-bond acceptors (Lipinski definition) is 4. The minimum absolute atomic E-state index is 0.000443. The number of amides is 2. The summed E-state index contributed by atoms with van der Waals surface area (Å²) in [5, 5.41) is 6.67. The predicted octanol–water partition coefficient (Wildman–Crippen LogP) is 3.15. The molecule has 0 bridgehead atoms. The molecule has 0 radical (unpaired) electrons. The van der Waals surface area contributed by atoms with Gasteiger partial charge >= 0.3 is 6.18 Å². The number of nitrogens with zero attached hydrogens (tertiary/aromatic N) is 3. The van der Waals surface area contributed by atoms with Crippen LogP contribution in [0.4, 0.5) is 17.6 Å². The minimum Gasteiger partial charge on any atom is -0.267 e. The van der Waals surface area contributed by atoms with Crippen LogP contribution >= 0.6 is 11.6 Å². The van der Waals surface area contributed by atoms with E-state index in [0.29, 0.717) is 4.68 Å². The molecule has 0 aliphatic heterocycles. The Morgan fingerprint density at radius 2 is 1.59 bits per heavy atom. The van der Waals surface area contributed by atoms with Gasteiger partial charge in [0.1, 0.15) is 5.82 Å². The largest absolute Gasteiger partial charge is 0.435 e. The number of aromatic nitrogens is 3. The lowest BCUT2D eigenvalue weighted by atomic mass is 10.2. The van der Waals surface area contributed by atoms with Gasteiger partial charge in [0.05, 0.1) is 16.3 Å². The molecular formula is C17H10ClF4N5O2. The lowest BCUT2D eigenvalue weighted by molar-refractivity contribution is -0.143. The van der Waals surface area contributed by atoms with Crippen LogP contribution in [0.15, 0.2) is 48.5 Å². The van der Waals surface area contributed by atoms with Gasteiger partial charge in [-0.3, -0.25) is 20.4 Å². The van der Waals surface area contributed by atoms with Crippen LogP contribution in [-0.4, -0.2) is 26.8 Å². The van der Waals surface area contributed by atoms with Gasteiger partial charge in [0.25, 0.3) is 11.8 Å². The number of alkyl halides is 3. The van der Waals surface area contributed by atoms with Crippen molar-refractivity contribution >= 4 is 23.4 Å². The van der Waals surface area contributed by atoms with Crippen LogP contribution in [0.5, 0.6) is 0 Å². The van der Waals surface area contributed by atoms with Gasteiger partial charge in [0.2, 0.25) is 0 Å². The van der Waals surface area contributed by atoms with E-state index in [1.54, 1.807) is 6.07 Å². The molecule has 0 spiro atoms. The minimum atomic E-state index is -5.02. The van der Waals surface area contributed by atoms with E-state index in [4.69, 9.17) is 11.6 Å². The molecule has 0 unspecified atom stereocenters. The van der Waals surface area contributed by atoms with E-state index in [9.17, 15) is 27.2 Å². The van der Waals surface area contributed by atoms with Crippen molar-refractivity contribution in [2.24, 2.45) is 0 Å². The summed E-state index contributed by atoms with van der Waals surface area (Å²) in [6.45, 7) is 0. The topological polar surface area (TPSA) is 88.9 Å². The molecule has 29 heavy (non-hydrogen) atoms. The van der Waals surface area contributed by atoms with Crippen molar-refractivity contribution in [2.75, 3.05) is 0 Å². The molecule has 2 amide bonds. The van der Waals surface area contributed by atoms with Crippen molar-refractivity contribution in [3.8, 4) is 5.69 Å². The van der Waals surface area contributed by atoms with Gasteiger partial charge in [-0.1, -0.05) is 28.9 Å². The number of carbonyl (C=O) groups excluding carboxylic acids is 2. The highest BCUT2D eigenvalue weighted by Crippen LogP contribution is 2.32. The normalized spacial score (nSPS) is 11.2. The fraction of sp³-hybridized carbons (Fsp3) is 0.0588. The van der Waals surface area contributed by atoms with Crippen LogP contribution in [-0.2, 0) is 6.18 Å². The van der Waals surface area contributed by atoms with E-state index >= 15 is 0 Å². The summed E-state index contributed by atoms with van der Waals surface area (Å²) in [4.78, 5) is 24.2. The number of nitrogens with one attached hydrogen (secondary N) is 2. The Bertz CT molecular complexity index is 1070. The van der Waals surface area contributed by atoms with Gasteiger partial charge < -0.3 is 0 Å². The van der Waals surface area contributed by atoms with Crippen LogP contribution in [0.25, 0.3) is 5.69 Å². The molecule has 0 atom stereocenters. The highest BCUT2D eigenvalue weighted by Gasteiger charge is 2.42. The second kappa shape index (κ2) is 7.87. The lowest BCUT2D eigenvalue weighted by Crippen LogP contribution is -2.42. The standard InChI is InChI=1S/C17H10ClF4N5O2/c18-12-4-2-1-3-11(12)15(28)24-25-16(29)13-14(17(20,21)22)27(26-23-13)10-7-5-9(19)6-8-10/h1-8H,(H,24,28)(H,25,29). The highest BCUT2D eigenvalue weighted by atomic mass is 35.5. The number of hydrogen-bond donors (Lipinski definition) is 2. The molecule has 2 N–H and O–H groups in total. The number of hydrazine groups is 1. The zero-order chi connectivity index (χ0) is 21.2. The van der Waals surface area contributed by atoms with Crippen LogP contribution in [0.2, 0.25) is 5.02 Å². The highest BCUT2D eigenvalue weighted by molar-refractivity contribution is 6.33. The van der Waals surface area contributed by atoms with E-state index in [-0.39, 0.29) is 16.3 Å². The smallest absolute Gasteiger partial charge is 0.267 e. The van der Waals surface area contributed by atoms with Crippen molar-refractivity contribution in [3.63, 3.8) is 0 Å². The van der Waals surface area contributed by atoms with Crippen LogP contribution in [0.3, 0.4) is 0 Å². The maximum atomic E-state index is 13.5. The van der Waals surface area contributed by atoms with E-state index < -0.39 is 35.2 Å². The Hall–Kier alpha value is -3.47. The first-order chi connectivity index (χ1) is 13.7. The van der Waals surface area contributed by atoms with Crippen molar-refractivity contribution in [1.29, 1.82) is 0 Å². The van der Waals surface area contributed by atoms with Gasteiger partial charge in [-0.05, 0) is 36.4 Å². The molecule has 0 aliphatic rings. The Kier molecular flexibility index (Phi) is 5.50. The molecule has 2 aromatic carbocycles. The molecule has 1 heterocycles. The summed E-state index contributed by atoms with van der Waals surface area (Å²) in [7, 11) is 0. The van der Waals surface area contributed by atoms with Gasteiger partial charge in [-0.15, -0.1) is 5.10 Å². The molecule has 3 aromatic rings. The maximum Gasteiger partial charge on any atom is 0.435 e. The van der Waals surface area contributed by atoms with Crippen molar-refractivity contribution in [1.82, 2.24) is 25.8 Å². The third-order valence-electron chi connectivity index (χ3n) is 3.63. The van der Waals surface area contributed by atoms with E-state index in [0.717, 1.165) is 24.3 Å². The summed E-state index contributed by atoms with van der Waals surface area (Å²) in [5.74, 6) is -2.86. The predicted molar refractivity (Wildman–Crippen MR) is 92.7 cm³/mol. The zero-order valence-corrected chi connectivity index (χ0v) is 14.9. The Labute approximate surface area is 165 Å². The molecule has 0 saturated heterocycles. The Morgan fingerprint density at radius 1 is 0.966 bits per heavy atom. The first-order valence-corrected chi connectivity index (χ1v) is 8.20. The quantitative estimate of drug-likeness (QED) is 0.496.